The molecular weight excluding hydrogens is 266 g/mol. The van der Waals surface area contributed by atoms with E-state index in [4.69, 9.17) is 9.47 Å². The van der Waals surface area contributed by atoms with Crippen LogP contribution in [0.3, 0.4) is 0 Å². The minimum absolute atomic E-state index is 0.102. The lowest BCUT2D eigenvalue weighted by Crippen LogP contribution is -2.28. The number of esters is 1. The lowest BCUT2D eigenvalue weighted by Gasteiger charge is -2.13. The molecule has 0 unspecified atom stereocenters. The maximum atomic E-state index is 11.9. The number of rotatable bonds is 3. The maximum Gasteiger partial charge on any atom is 0.338 e. The summed E-state index contributed by atoms with van der Waals surface area (Å²) in [5, 5.41) is 10.5. The normalized spacial score (nSPS) is 26.8. The Hall–Kier alpha value is -2.54. The summed E-state index contributed by atoms with van der Waals surface area (Å²) in [4.78, 5) is 33.1. The van der Waals surface area contributed by atoms with Crippen molar-refractivity contribution in [3.63, 3.8) is 0 Å². The van der Waals surface area contributed by atoms with Crippen molar-refractivity contribution >= 4 is 17.4 Å². The minimum Gasteiger partial charge on any atom is -0.452 e. The Morgan fingerprint density at radius 1 is 1.30 bits per heavy atom. The van der Waals surface area contributed by atoms with Gasteiger partial charge in [0.2, 0.25) is 0 Å². The minimum atomic E-state index is -0.613. The number of epoxide rings is 1. The summed E-state index contributed by atoms with van der Waals surface area (Å²) >= 11 is 0. The molecule has 0 radical (unpaired) electrons. The Kier molecular flexibility index (Phi) is 2.83. The molecule has 0 amide bonds. The number of nitro benzene ring substituents is 1. The molecule has 102 valence electrons. The molecule has 1 aliphatic carbocycles. The number of carbonyl (C=O) groups is 2. The zero-order valence-corrected chi connectivity index (χ0v) is 10.1. The fourth-order valence-corrected chi connectivity index (χ4v) is 2.01. The molecule has 0 saturated carbocycles. The maximum absolute atomic E-state index is 11.9. The van der Waals surface area contributed by atoms with Crippen molar-refractivity contribution in [1.29, 1.82) is 0 Å². The number of benzene rings is 1. The summed E-state index contributed by atoms with van der Waals surface area (Å²) in [6.07, 6.45) is 1.31. The first-order valence-electron chi connectivity index (χ1n) is 5.89. The first kappa shape index (κ1) is 12.5. The van der Waals surface area contributed by atoms with Gasteiger partial charge in [0, 0.05) is 12.1 Å². The van der Waals surface area contributed by atoms with Crippen LogP contribution in [0.2, 0.25) is 0 Å². The Morgan fingerprint density at radius 3 is 2.65 bits per heavy atom. The Labute approximate surface area is 112 Å². The van der Waals surface area contributed by atoms with E-state index in [0.717, 1.165) is 0 Å². The molecular formula is C13H9NO6. The molecule has 1 fully saturated rings. The van der Waals surface area contributed by atoms with Gasteiger partial charge in [-0.15, -0.1) is 0 Å². The molecule has 3 atom stereocenters. The first-order valence-corrected chi connectivity index (χ1v) is 5.89. The highest BCUT2D eigenvalue weighted by molar-refractivity contribution is 5.97. The predicted molar refractivity (Wildman–Crippen MR) is 65.1 cm³/mol. The number of ketones is 1. The molecule has 3 rings (SSSR count). The van der Waals surface area contributed by atoms with Gasteiger partial charge in [0.05, 0.1) is 10.5 Å². The van der Waals surface area contributed by atoms with Crippen LogP contribution in [0.15, 0.2) is 36.4 Å². The average molecular weight is 275 g/mol. The fourth-order valence-electron chi connectivity index (χ4n) is 2.01. The molecule has 0 spiro atoms. The topological polar surface area (TPSA) is 99.0 Å². The zero-order chi connectivity index (χ0) is 14.3. The standard InChI is InChI=1S/C13H9NO6/c15-9-5-6-10(12-11(9)20-12)19-13(16)7-1-3-8(4-2-7)14(17)18/h1-6,10-12H/t10-,11-,12+/m0/s1. The van der Waals surface area contributed by atoms with Crippen LogP contribution in [0.4, 0.5) is 5.69 Å². The SMILES string of the molecule is O=C(O[C@H]1C=CC(=O)[C@@H]2O[C@H]12)c1ccc([N+](=O)[O-])cc1. The molecule has 0 N–H and O–H groups in total. The second-order valence-electron chi connectivity index (χ2n) is 4.46. The van der Waals surface area contributed by atoms with Crippen LogP contribution in [-0.2, 0) is 14.3 Å². The number of nitro groups is 1. The molecule has 0 bridgehead atoms. The quantitative estimate of drug-likeness (QED) is 0.353. The van der Waals surface area contributed by atoms with E-state index in [9.17, 15) is 19.7 Å². The Bertz CT molecular complexity index is 620. The van der Waals surface area contributed by atoms with Crippen molar-refractivity contribution in [1.82, 2.24) is 0 Å². The zero-order valence-electron chi connectivity index (χ0n) is 10.1. The first-order chi connectivity index (χ1) is 9.56. The van der Waals surface area contributed by atoms with Gasteiger partial charge in [-0.2, -0.15) is 0 Å². The van der Waals surface area contributed by atoms with E-state index >= 15 is 0 Å². The fraction of sp³-hybridized carbons (Fsp3) is 0.231. The number of hydrogen-bond donors (Lipinski definition) is 0. The Balaban J connectivity index is 1.69. The molecule has 1 aromatic rings. The van der Waals surface area contributed by atoms with Gasteiger partial charge in [0.25, 0.3) is 5.69 Å². The van der Waals surface area contributed by atoms with Crippen LogP contribution in [-0.4, -0.2) is 35.0 Å². The third-order valence-corrected chi connectivity index (χ3v) is 3.14. The van der Waals surface area contributed by atoms with Gasteiger partial charge in [-0.3, -0.25) is 14.9 Å². The van der Waals surface area contributed by atoms with Gasteiger partial charge >= 0.3 is 5.97 Å². The molecule has 1 aromatic carbocycles. The second kappa shape index (κ2) is 4.53. The summed E-state index contributed by atoms with van der Waals surface area (Å²) < 4.78 is 10.3. The van der Waals surface area contributed by atoms with Crippen LogP contribution >= 0.6 is 0 Å². The van der Waals surface area contributed by atoms with Gasteiger partial charge in [-0.05, 0) is 24.3 Å². The average Bonchev–Trinajstić information content (AvgIpc) is 3.23. The highest BCUT2D eigenvalue weighted by Gasteiger charge is 2.52. The molecule has 20 heavy (non-hydrogen) atoms. The van der Waals surface area contributed by atoms with Gasteiger partial charge in [-0.1, -0.05) is 0 Å². The summed E-state index contributed by atoms with van der Waals surface area (Å²) in [6, 6.07) is 5.10. The van der Waals surface area contributed by atoms with Crippen molar-refractivity contribution in [2.24, 2.45) is 0 Å². The van der Waals surface area contributed by atoms with E-state index < -0.39 is 29.2 Å². The van der Waals surface area contributed by atoms with Crippen molar-refractivity contribution in [2.75, 3.05) is 0 Å². The van der Waals surface area contributed by atoms with Crippen LogP contribution < -0.4 is 0 Å². The molecule has 1 aliphatic heterocycles. The number of nitrogens with zero attached hydrogens (tertiary/aromatic N) is 1. The van der Waals surface area contributed by atoms with E-state index in [1.54, 1.807) is 0 Å². The molecule has 1 saturated heterocycles. The molecule has 7 heteroatoms. The van der Waals surface area contributed by atoms with Gasteiger partial charge in [-0.25, -0.2) is 4.79 Å². The largest absolute Gasteiger partial charge is 0.452 e. The Morgan fingerprint density at radius 2 is 2.00 bits per heavy atom. The van der Waals surface area contributed by atoms with E-state index in [0.29, 0.717) is 0 Å². The van der Waals surface area contributed by atoms with Crippen molar-refractivity contribution in [3.8, 4) is 0 Å². The lowest BCUT2D eigenvalue weighted by atomic mass is 10.0. The van der Waals surface area contributed by atoms with Crippen LogP contribution in [0.25, 0.3) is 0 Å². The molecule has 1 heterocycles. The summed E-state index contributed by atoms with van der Waals surface area (Å²) in [7, 11) is 0. The van der Waals surface area contributed by atoms with Gasteiger partial charge in [0.15, 0.2) is 11.9 Å². The summed E-state index contributed by atoms with van der Waals surface area (Å²) in [6.45, 7) is 0. The molecule has 7 nitrogen and oxygen atoms in total. The predicted octanol–water partition coefficient (Wildman–Crippen LogP) is 1.03. The number of ether oxygens (including phenoxy) is 2. The lowest BCUT2D eigenvalue weighted by molar-refractivity contribution is -0.384. The summed E-state index contributed by atoms with van der Waals surface area (Å²) in [5.41, 5.74) is 0.105. The van der Waals surface area contributed by atoms with Gasteiger partial charge < -0.3 is 9.47 Å². The van der Waals surface area contributed by atoms with E-state index in [2.05, 4.69) is 0 Å². The highest BCUT2D eigenvalue weighted by Crippen LogP contribution is 2.33. The third kappa shape index (κ3) is 2.19. The molecule has 2 aliphatic rings. The third-order valence-electron chi connectivity index (χ3n) is 3.14. The van der Waals surface area contributed by atoms with Gasteiger partial charge in [0.1, 0.15) is 12.2 Å². The number of hydrogen-bond acceptors (Lipinski definition) is 6. The van der Waals surface area contributed by atoms with E-state index in [1.165, 1.54) is 36.4 Å². The van der Waals surface area contributed by atoms with Crippen LogP contribution in [0, 0.1) is 10.1 Å². The smallest absolute Gasteiger partial charge is 0.338 e. The number of fused-ring (bicyclic) bond motifs is 1. The number of carbonyl (C=O) groups excluding carboxylic acids is 2. The van der Waals surface area contributed by atoms with Crippen molar-refractivity contribution in [3.05, 3.63) is 52.1 Å². The molecule has 0 aromatic heterocycles. The van der Waals surface area contributed by atoms with Crippen molar-refractivity contribution < 1.29 is 24.0 Å². The number of non-ortho nitro benzene ring substituents is 1. The monoisotopic (exact) mass is 275 g/mol. The van der Waals surface area contributed by atoms with Crippen LogP contribution in [0.1, 0.15) is 10.4 Å². The van der Waals surface area contributed by atoms with Crippen molar-refractivity contribution in [2.45, 2.75) is 18.3 Å². The van der Waals surface area contributed by atoms with E-state index in [1.807, 2.05) is 0 Å². The van der Waals surface area contributed by atoms with Crippen LogP contribution in [0.5, 0.6) is 0 Å². The summed E-state index contributed by atoms with van der Waals surface area (Å²) in [5.74, 6) is -0.740. The second-order valence-corrected chi connectivity index (χ2v) is 4.46. The highest BCUT2D eigenvalue weighted by atomic mass is 16.6. The van der Waals surface area contributed by atoms with E-state index in [-0.39, 0.29) is 17.0 Å².